The van der Waals surface area contributed by atoms with Crippen LogP contribution < -0.4 is 16.6 Å². The summed E-state index contributed by atoms with van der Waals surface area (Å²) in [6.45, 7) is 5.65. The van der Waals surface area contributed by atoms with E-state index in [1.807, 2.05) is 19.9 Å². The number of anilines is 1. The van der Waals surface area contributed by atoms with Crippen molar-refractivity contribution in [1.29, 1.82) is 0 Å². The van der Waals surface area contributed by atoms with Crippen LogP contribution in [0.3, 0.4) is 0 Å². The Morgan fingerprint density at radius 2 is 2.04 bits per heavy atom. The maximum Gasteiger partial charge on any atom is 0.251 e. The summed E-state index contributed by atoms with van der Waals surface area (Å²) < 4.78 is 0. The van der Waals surface area contributed by atoms with Gasteiger partial charge in [0.2, 0.25) is 5.91 Å². The van der Waals surface area contributed by atoms with Gasteiger partial charge in [0.1, 0.15) is 5.82 Å². The van der Waals surface area contributed by atoms with Crippen LogP contribution in [-0.2, 0) is 11.2 Å². The van der Waals surface area contributed by atoms with Crippen LogP contribution in [0.1, 0.15) is 39.3 Å². The summed E-state index contributed by atoms with van der Waals surface area (Å²) in [6, 6.07) is 8.68. The highest BCUT2D eigenvalue weighted by atomic mass is 35.5. The van der Waals surface area contributed by atoms with E-state index in [-0.39, 0.29) is 23.9 Å². The normalized spacial score (nSPS) is 12.8. The van der Waals surface area contributed by atoms with Gasteiger partial charge >= 0.3 is 0 Å². The van der Waals surface area contributed by atoms with Gasteiger partial charge in [0, 0.05) is 23.0 Å². The van der Waals surface area contributed by atoms with E-state index in [1.165, 1.54) is 6.07 Å². The molecule has 0 bridgehead atoms. The Bertz CT molecular complexity index is 787. The average molecular weight is 365 g/mol. The van der Waals surface area contributed by atoms with Gasteiger partial charge in [0.15, 0.2) is 0 Å². The van der Waals surface area contributed by atoms with E-state index >= 15 is 0 Å². The minimum absolute atomic E-state index is 0. The van der Waals surface area contributed by atoms with Crippen molar-refractivity contribution in [2.24, 2.45) is 5.73 Å². The van der Waals surface area contributed by atoms with Gasteiger partial charge in [-0.1, -0.05) is 32.4 Å². The molecule has 25 heavy (non-hydrogen) atoms. The van der Waals surface area contributed by atoms with E-state index in [9.17, 15) is 9.59 Å². The fraction of sp³-hybridized carbons (Fsp3) is 0.389. The minimum Gasteiger partial charge on any atom is -0.324 e. The van der Waals surface area contributed by atoms with Crippen LogP contribution in [0.4, 0.5) is 5.69 Å². The molecule has 7 heteroatoms. The molecule has 0 saturated carbocycles. The van der Waals surface area contributed by atoms with E-state index in [0.29, 0.717) is 24.4 Å². The molecule has 4 N–H and O–H groups in total. The quantitative estimate of drug-likeness (QED) is 0.733. The van der Waals surface area contributed by atoms with Gasteiger partial charge in [0.25, 0.3) is 5.56 Å². The molecule has 0 radical (unpaired) electrons. The zero-order valence-corrected chi connectivity index (χ0v) is 15.6. The molecule has 2 rings (SSSR count). The smallest absolute Gasteiger partial charge is 0.251 e. The summed E-state index contributed by atoms with van der Waals surface area (Å²) in [5, 5.41) is 2.84. The second kappa shape index (κ2) is 8.78. The highest BCUT2D eigenvalue weighted by molar-refractivity contribution is 5.98. The molecule has 0 aliphatic carbocycles. The third-order valence-corrected chi connectivity index (χ3v) is 3.84. The van der Waals surface area contributed by atoms with Crippen LogP contribution in [0.2, 0.25) is 0 Å². The molecule has 1 unspecified atom stereocenters. The lowest BCUT2D eigenvalue weighted by atomic mass is 9.96. The Morgan fingerprint density at radius 1 is 1.32 bits per heavy atom. The fourth-order valence-corrected chi connectivity index (χ4v) is 2.48. The number of nitrogens with one attached hydrogen (secondary N) is 2. The second-order valence-corrected chi connectivity index (χ2v) is 6.14. The third-order valence-electron chi connectivity index (χ3n) is 3.84. The molecule has 1 aromatic heterocycles. The molecule has 1 aromatic carbocycles. The lowest BCUT2D eigenvalue weighted by Gasteiger charge is -2.23. The number of benzene rings is 1. The molecule has 0 spiro atoms. The predicted molar refractivity (Wildman–Crippen MR) is 103 cm³/mol. The predicted octanol–water partition coefficient (Wildman–Crippen LogP) is 2.88. The van der Waals surface area contributed by atoms with Crippen LogP contribution in [-0.4, -0.2) is 21.4 Å². The number of nitrogens with two attached hydrogens (primary N) is 1. The van der Waals surface area contributed by atoms with Crippen LogP contribution in [0, 0.1) is 0 Å². The molecule has 1 amide bonds. The number of amides is 1. The van der Waals surface area contributed by atoms with Crippen LogP contribution in [0.25, 0.3) is 11.4 Å². The number of carbonyl (C=O) groups is 1. The Labute approximate surface area is 153 Å². The molecular formula is C18H25ClN4O2. The highest BCUT2D eigenvalue weighted by Gasteiger charge is 2.27. The summed E-state index contributed by atoms with van der Waals surface area (Å²) in [4.78, 5) is 31.2. The van der Waals surface area contributed by atoms with Crippen molar-refractivity contribution in [2.45, 2.75) is 45.6 Å². The lowest BCUT2D eigenvalue weighted by Crippen LogP contribution is -2.48. The molecule has 136 valence electrons. The molecular weight excluding hydrogens is 340 g/mol. The van der Waals surface area contributed by atoms with Crippen molar-refractivity contribution in [2.75, 3.05) is 5.32 Å². The van der Waals surface area contributed by atoms with Crippen molar-refractivity contribution in [3.63, 3.8) is 0 Å². The molecule has 6 nitrogen and oxygen atoms in total. The molecule has 0 fully saturated rings. The lowest BCUT2D eigenvalue weighted by molar-refractivity contribution is -0.120. The Kier molecular flexibility index (Phi) is 7.33. The third kappa shape index (κ3) is 5.41. The van der Waals surface area contributed by atoms with E-state index < -0.39 is 5.54 Å². The van der Waals surface area contributed by atoms with Gasteiger partial charge in [-0.25, -0.2) is 4.98 Å². The first-order chi connectivity index (χ1) is 11.4. The first-order valence-corrected chi connectivity index (χ1v) is 8.16. The van der Waals surface area contributed by atoms with Crippen molar-refractivity contribution in [1.82, 2.24) is 9.97 Å². The molecule has 0 aliphatic rings. The number of rotatable bonds is 6. The SMILES string of the molecule is CCCC(C)(N)C(=O)Nc1cccc(-c2nc(CC)cc(=O)[nH]2)c1.Cl. The van der Waals surface area contributed by atoms with Crippen molar-refractivity contribution < 1.29 is 4.79 Å². The van der Waals surface area contributed by atoms with Crippen LogP contribution in [0.15, 0.2) is 35.1 Å². The molecule has 0 saturated heterocycles. The Hall–Kier alpha value is -2.18. The van der Waals surface area contributed by atoms with Gasteiger partial charge in [-0.05, 0) is 31.9 Å². The standard InChI is InChI=1S/C18H24N4O2.ClH/c1-4-9-18(3,19)17(24)21-14-8-6-7-12(10-14)16-20-13(5-2)11-15(23)22-16;/h6-8,10-11H,4-5,9,19H2,1-3H3,(H,21,24)(H,20,22,23);1H. The second-order valence-electron chi connectivity index (χ2n) is 6.14. The van der Waals surface area contributed by atoms with Crippen molar-refractivity contribution in [3.05, 3.63) is 46.4 Å². The van der Waals surface area contributed by atoms with Crippen LogP contribution in [0.5, 0.6) is 0 Å². The van der Waals surface area contributed by atoms with E-state index in [4.69, 9.17) is 5.73 Å². The number of aryl methyl sites for hydroxylation is 1. The number of nitrogens with zero attached hydrogens (tertiary/aromatic N) is 1. The number of halogens is 1. The summed E-state index contributed by atoms with van der Waals surface area (Å²) in [5.74, 6) is 0.254. The van der Waals surface area contributed by atoms with E-state index in [0.717, 1.165) is 17.7 Å². The number of carbonyl (C=O) groups excluding carboxylic acids is 1. The number of hydrogen-bond acceptors (Lipinski definition) is 4. The fourth-order valence-electron chi connectivity index (χ4n) is 2.48. The van der Waals surface area contributed by atoms with Gasteiger partial charge in [-0.3, -0.25) is 9.59 Å². The average Bonchev–Trinajstić information content (AvgIpc) is 2.54. The van der Waals surface area contributed by atoms with Gasteiger partial charge < -0.3 is 16.0 Å². The monoisotopic (exact) mass is 364 g/mol. The summed E-state index contributed by atoms with van der Waals surface area (Å²) >= 11 is 0. The Balaban J connectivity index is 0.00000312. The zero-order chi connectivity index (χ0) is 17.7. The Morgan fingerprint density at radius 3 is 2.68 bits per heavy atom. The molecule has 0 aliphatic heterocycles. The van der Waals surface area contributed by atoms with Gasteiger partial charge in [-0.2, -0.15) is 0 Å². The first-order valence-electron chi connectivity index (χ1n) is 8.16. The largest absolute Gasteiger partial charge is 0.324 e. The number of aromatic nitrogens is 2. The summed E-state index contributed by atoms with van der Waals surface area (Å²) in [6.07, 6.45) is 2.11. The summed E-state index contributed by atoms with van der Waals surface area (Å²) in [7, 11) is 0. The topological polar surface area (TPSA) is 101 Å². The maximum absolute atomic E-state index is 12.3. The molecule has 1 atom stereocenters. The van der Waals surface area contributed by atoms with Gasteiger partial charge in [0.05, 0.1) is 5.54 Å². The highest BCUT2D eigenvalue weighted by Crippen LogP contribution is 2.20. The van der Waals surface area contributed by atoms with E-state index in [1.54, 1.807) is 25.1 Å². The zero-order valence-electron chi connectivity index (χ0n) is 14.8. The van der Waals surface area contributed by atoms with Crippen molar-refractivity contribution >= 4 is 24.0 Å². The summed E-state index contributed by atoms with van der Waals surface area (Å²) in [5.41, 5.74) is 7.02. The maximum atomic E-state index is 12.3. The van der Waals surface area contributed by atoms with Crippen LogP contribution >= 0.6 is 12.4 Å². The van der Waals surface area contributed by atoms with Gasteiger partial charge in [-0.15, -0.1) is 12.4 Å². The minimum atomic E-state index is -0.917. The number of aromatic amines is 1. The first kappa shape index (κ1) is 20.9. The number of hydrogen-bond donors (Lipinski definition) is 3. The molecule has 2 aromatic rings. The van der Waals surface area contributed by atoms with E-state index in [2.05, 4.69) is 15.3 Å². The molecule has 1 heterocycles. The van der Waals surface area contributed by atoms with Crippen molar-refractivity contribution in [3.8, 4) is 11.4 Å². The number of H-pyrrole nitrogens is 1.